The number of ketones is 1. The number of carbonyl (C=O) groups excluding carboxylic acids is 1. The van der Waals surface area contributed by atoms with Crippen molar-refractivity contribution in [1.82, 2.24) is 15.0 Å². The molecule has 4 rings (SSSR count). The van der Waals surface area contributed by atoms with Crippen LogP contribution in [0.25, 0.3) is 11.0 Å². The van der Waals surface area contributed by atoms with Crippen LogP contribution in [-0.2, 0) is 12.7 Å². The van der Waals surface area contributed by atoms with Gasteiger partial charge in [0.1, 0.15) is 11.5 Å². The van der Waals surface area contributed by atoms with E-state index in [1.165, 1.54) is 18.5 Å². The number of hydrogen-bond acceptors (Lipinski definition) is 4. The third kappa shape index (κ3) is 3.99. The smallest absolute Gasteiger partial charge is 0.366 e. The van der Waals surface area contributed by atoms with Gasteiger partial charge in [-0.05, 0) is 42.0 Å². The fourth-order valence-electron chi connectivity index (χ4n) is 3.04. The summed E-state index contributed by atoms with van der Waals surface area (Å²) in [5.41, 5.74) is -0.423. The Balaban J connectivity index is 1.66. The van der Waals surface area contributed by atoms with Crippen molar-refractivity contribution in [2.75, 3.05) is 5.32 Å². The van der Waals surface area contributed by atoms with Gasteiger partial charge < -0.3 is 10.3 Å². The van der Waals surface area contributed by atoms with E-state index in [9.17, 15) is 18.0 Å². The number of benzene rings is 1. The Labute approximate surface area is 173 Å². The molecule has 0 saturated heterocycles. The van der Waals surface area contributed by atoms with Crippen molar-refractivity contribution >= 4 is 34.2 Å². The van der Waals surface area contributed by atoms with Crippen LogP contribution in [0.2, 0.25) is 5.02 Å². The van der Waals surface area contributed by atoms with Crippen molar-refractivity contribution in [1.29, 1.82) is 0 Å². The van der Waals surface area contributed by atoms with Crippen molar-refractivity contribution in [2.45, 2.75) is 12.7 Å². The molecule has 4 aromatic rings. The Bertz CT molecular complexity index is 1220. The van der Waals surface area contributed by atoms with Gasteiger partial charge >= 0.3 is 6.18 Å². The van der Waals surface area contributed by atoms with Gasteiger partial charge in [0.25, 0.3) is 0 Å². The molecule has 0 fully saturated rings. The fourth-order valence-corrected chi connectivity index (χ4v) is 3.17. The van der Waals surface area contributed by atoms with Crippen LogP contribution in [0.15, 0.2) is 60.9 Å². The van der Waals surface area contributed by atoms with E-state index in [2.05, 4.69) is 20.3 Å². The van der Waals surface area contributed by atoms with E-state index in [1.54, 1.807) is 36.4 Å². The van der Waals surface area contributed by atoms with Crippen molar-refractivity contribution in [3.05, 3.63) is 88.3 Å². The fraction of sp³-hybridized carbons (Fsp3) is 0.0952. The summed E-state index contributed by atoms with van der Waals surface area (Å²) in [4.78, 5) is 23.4. The lowest BCUT2D eigenvalue weighted by Gasteiger charge is -2.14. The number of anilines is 1. The number of hydrogen-bond donors (Lipinski definition) is 2. The number of nitrogens with zero attached hydrogens (tertiary/aromatic N) is 2. The molecule has 0 unspecified atom stereocenters. The first-order chi connectivity index (χ1) is 14.3. The number of nitrogens with one attached hydrogen (secondary N) is 2. The van der Waals surface area contributed by atoms with Gasteiger partial charge in [-0.25, -0.2) is 9.97 Å². The molecular formula is C21H14ClF3N4O. The quantitative estimate of drug-likeness (QED) is 0.412. The number of carbonyl (C=O) groups is 1. The maximum atomic E-state index is 13.7. The zero-order chi connectivity index (χ0) is 21.3. The first-order valence-electron chi connectivity index (χ1n) is 8.86. The van der Waals surface area contributed by atoms with Crippen molar-refractivity contribution in [3.63, 3.8) is 0 Å². The average Bonchev–Trinajstić information content (AvgIpc) is 3.16. The van der Waals surface area contributed by atoms with Crippen molar-refractivity contribution in [3.8, 4) is 0 Å². The van der Waals surface area contributed by atoms with Crippen LogP contribution in [0.1, 0.15) is 27.2 Å². The summed E-state index contributed by atoms with van der Waals surface area (Å²) in [7, 11) is 0. The average molecular weight is 431 g/mol. The van der Waals surface area contributed by atoms with Gasteiger partial charge in [0.2, 0.25) is 0 Å². The molecule has 0 amide bonds. The van der Waals surface area contributed by atoms with E-state index in [-0.39, 0.29) is 17.9 Å². The van der Waals surface area contributed by atoms with E-state index < -0.39 is 23.2 Å². The molecule has 2 N–H and O–H groups in total. The van der Waals surface area contributed by atoms with E-state index in [0.29, 0.717) is 16.1 Å². The Morgan fingerprint density at radius 3 is 2.57 bits per heavy atom. The summed E-state index contributed by atoms with van der Waals surface area (Å²) in [5, 5.41) is 3.85. The van der Waals surface area contributed by atoms with Crippen LogP contribution in [0.5, 0.6) is 0 Å². The SMILES string of the molecule is O=C(c1ccc(NCc2ccc(Cl)cc2)nc1C(F)(F)F)c1c[nH]c2ncccc12. The molecule has 5 nitrogen and oxygen atoms in total. The van der Waals surface area contributed by atoms with E-state index in [1.807, 2.05) is 0 Å². The normalized spacial score (nSPS) is 11.6. The van der Waals surface area contributed by atoms with Gasteiger partial charge in [0.05, 0.1) is 5.56 Å². The lowest BCUT2D eigenvalue weighted by molar-refractivity contribution is -0.141. The maximum absolute atomic E-state index is 13.7. The molecule has 0 atom stereocenters. The highest BCUT2D eigenvalue weighted by atomic mass is 35.5. The van der Waals surface area contributed by atoms with Crippen LogP contribution < -0.4 is 5.32 Å². The summed E-state index contributed by atoms with van der Waals surface area (Å²) < 4.78 is 41.0. The largest absolute Gasteiger partial charge is 0.434 e. The third-order valence-electron chi connectivity index (χ3n) is 4.49. The highest BCUT2D eigenvalue weighted by Crippen LogP contribution is 2.33. The van der Waals surface area contributed by atoms with Crippen LogP contribution in [0.3, 0.4) is 0 Å². The molecule has 0 aliphatic rings. The Morgan fingerprint density at radius 2 is 1.83 bits per heavy atom. The summed E-state index contributed by atoms with van der Waals surface area (Å²) in [6.07, 6.45) is -1.92. The van der Waals surface area contributed by atoms with Crippen LogP contribution in [0, 0.1) is 0 Å². The second kappa shape index (κ2) is 7.79. The van der Waals surface area contributed by atoms with Crippen LogP contribution >= 0.6 is 11.6 Å². The minimum Gasteiger partial charge on any atom is -0.366 e. The summed E-state index contributed by atoms with van der Waals surface area (Å²) in [5.74, 6) is -0.771. The number of H-pyrrole nitrogens is 1. The van der Waals surface area contributed by atoms with Gasteiger partial charge in [-0.2, -0.15) is 13.2 Å². The minimum absolute atomic E-state index is 0.00872. The van der Waals surface area contributed by atoms with Crippen LogP contribution in [0.4, 0.5) is 19.0 Å². The Morgan fingerprint density at radius 1 is 1.07 bits per heavy atom. The molecule has 30 heavy (non-hydrogen) atoms. The summed E-state index contributed by atoms with van der Waals surface area (Å²) in [6.45, 7) is 0.253. The monoisotopic (exact) mass is 430 g/mol. The summed E-state index contributed by atoms with van der Waals surface area (Å²) >= 11 is 5.83. The standard InChI is InChI=1S/C21H14ClF3N4O/c22-13-5-3-12(4-6-13)10-27-17-8-7-15(19(29-17)21(23,24)25)18(30)16-11-28-20-14(16)2-1-9-26-20/h1-9,11H,10H2,(H,26,28)(H,27,29). The van der Waals surface area contributed by atoms with Crippen molar-refractivity contribution in [2.24, 2.45) is 0 Å². The molecule has 0 saturated carbocycles. The Kier molecular flexibility index (Phi) is 5.17. The van der Waals surface area contributed by atoms with Gasteiger partial charge in [0.15, 0.2) is 11.5 Å². The zero-order valence-corrected chi connectivity index (χ0v) is 16.1. The lowest BCUT2D eigenvalue weighted by atomic mass is 10.0. The molecule has 152 valence electrons. The minimum atomic E-state index is -4.80. The number of aromatic amines is 1. The molecule has 3 heterocycles. The first kappa shape index (κ1) is 19.9. The molecule has 0 aliphatic carbocycles. The molecule has 0 radical (unpaired) electrons. The number of pyridine rings is 2. The number of halogens is 4. The predicted molar refractivity (Wildman–Crippen MR) is 108 cm³/mol. The second-order valence-corrected chi connectivity index (χ2v) is 6.94. The topological polar surface area (TPSA) is 70.7 Å². The maximum Gasteiger partial charge on any atom is 0.434 e. The van der Waals surface area contributed by atoms with Gasteiger partial charge in [-0.15, -0.1) is 0 Å². The molecule has 0 aliphatic heterocycles. The Hall–Kier alpha value is -3.39. The molecule has 3 aromatic heterocycles. The lowest BCUT2D eigenvalue weighted by Crippen LogP contribution is -2.17. The predicted octanol–water partition coefficient (Wildman–Crippen LogP) is 5.47. The van der Waals surface area contributed by atoms with E-state index in [0.717, 1.165) is 11.6 Å². The van der Waals surface area contributed by atoms with E-state index in [4.69, 9.17) is 11.6 Å². The summed E-state index contributed by atoms with van der Waals surface area (Å²) in [6, 6.07) is 12.6. The zero-order valence-electron chi connectivity index (χ0n) is 15.3. The number of rotatable bonds is 5. The van der Waals surface area contributed by atoms with Crippen molar-refractivity contribution < 1.29 is 18.0 Å². The van der Waals surface area contributed by atoms with Crippen LogP contribution in [-0.4, -0.2) is 20.7 Å². The number of alkyl halides is 3. The highest BCUT2D eigenvalue weighted by Gasteiger charge is 2.38. The molecule has 9 heteroatoms. The third-order valence-corrected chi connectivity index (χ3v) is 4.74. The van der Waals surface area contributed by atoms with Gasteiger partial charge in [0, 0.05) is 34.9 Å². The number of fused-ring (bicyclic) bond motifs is 1. The van der Waals surface area contributed by atoms with E-state index >= 15 is 0 Å². The van der Waals surface area contributed by atoms with Gasteiger partial charge in [-0.1, -0.05) is 23.7 Å². The highest BCUT2D eigenvalue weighted by molar-refractivity contribution is 6.30. The molecular weight excluding hydrogens is 417 g/mol. The number of aromatic nitrogens is 3. The molecule has 0 spiro atoms. The van der Waals surface area contributed by atoms with Gasteiger partial charge in [-0.3, -0.25) is 4.79 Å². The second-order valence-electron chi connectivity index (χ2n) is 6.50. The molecule has 1 aromatic carbocycles. The first-order valence-corrected chi connectivity index (χ1v) is 9.24. The molecule has 0 bridgehead atoms.